The standard InChI is InChI=1S/C11H17ClN4O/c12-9-10(13)15-6-16-11(9)14-5-7-3-1-2-4-8(7)17/h6-8,17H,1-5H2,(H3,13,14,15,16). The smallest absolute Gasteiger partial charge is 0.150 e. The van der Waals surface area contributed by atoms with Crippen molar-refractivity contribution < 1.29 is 5.11 Å². The van der Waals surface area contributed by atoms with Crippen molar-refractivity contribution in [3.63, 3.8) is 0 Å². The molecule has 94 valence electrons. The van der Waals surface area contributed by atoms with Gasteiger partial charge in [0.25, 0.3) is 0 Å². The summed E-state index contributed by atoms with van der Waals surface area (Å²) in [5.74, 6) is 1.07. The second kappa shape index (κ2) is 5.51. The van der Waals surface area contributed by atoms with E-state index < -0.39 is 0 Å². The molecular weight excluding hydrogens is 240 g/mol. The number of nitrogen functional groups attached to an aromatic ring is 1. The lowest BCUT2D eigenvalue weighted by molar-refractivity contribution is 0.0763. The van der Waals surface area contributed by atoms with Crippen LogP contribution in [0.3, 0.4) is 0 Å². The maximum absolute atomic E-state index is 9.84. The molecule has 1 aromatic rings. The van der Waals surface area contributed by atoms with E-state index in [2.05, 4.69) is 15.3 Å². The summed E-state index contributed by atoms with van der Waals surface area (Å²) in [7, 11) is 0. The molecule has 5 nitrogen and oxygen atoms in total. The van der Waals surface area contributed by atoms with Crippen LogP contribution >= 0.6 is 11.6 Å². The number of nitrogens with zero attached hydrogens (tertiary/aromatic N) is 2. The van der Waals surface area contributed by atoms with E-state index in [0.29, 0.717) is 17.4 Å². The number of hydrogen-bond acceptors (Lipinski definition) is 5. The van der Waals surface area contributed by atoms with Crippen LogP contribution in [0.5, 0.6) is 0 Å². The first-order valence-corrected chi connectivity index (χ1v) is 6.24. The van der Waals surface area contributed by atoms with Crippen LogP contribution < -0.4 is 11.1 Å². The molecule has 1 saturated carbocycles. The summed E-state index contributed by atoms with van der Waals surface area (Å²) in [5, 5.41) is 13.3. The molecule has 0 aromatic carbocycles. The van der Waals surface area contributed by atoms with Gasteiger partial charge in [-0.1, -0.05) is 24.4 Å². The van der Waals surface area contributed by atoms with E-state index in [-0.39, 0.29) is 17.8 Å². The number of nitrogens with two attached hydrogens (primary N) is 1. The van der Waals surface area contributed by atoms with Crippen LogP contribution in [0.1, 0.15) is 25.7 Å². The minimum absolute atomic E-state index is 0.228. The summed E-state index contributed by atoms with van der Waals surface area (Å²) in [4.78, 5) is 7.83. The van der Waals surface area contributed by atoms with E-state index in [9.17, 15) is 5.11 Å². The molecule has 1 fully saturated rings. The number of nitrogens with one attached hydrogen (secondary N) is 1. The van der Waals surface area contributed by atoms with Gasteiger partial charge in [-0.25, -0.2) is 9.97 Å². The third-order valence-corrected chi connectivity index (χ3v) is 3.59. The average molecular weight is 257 g/mol. The molecule has 2 atom stereocenters. The fourth-order valence-electron chi connectivity index (χ4n) is 2.16. The van der Waals surface area contributed by atoms with Gasteiger partial charge in [-0.15, -0.1) is 0 Å². The van der Waals surface area contributed by atoms with Gasteiger partial charge in [-0.2, -0.15) is 0 Å². The Hall–Kier alpha value is -1.07. The predicted molar refractivity (Wildman–Crippen MR) is 67.9 cm³/mol. The first-order valence-electron chi connectivity index (χ1n) is 5.86. The summed E-state index contributed by atoms with van der Waals surface area (Å²) in [5.41, 5.74) is 5.58. The van der Waals surface area contributed by atoms with E-state index in [1.807, 2.05) is 0 Å². The number of aliphatic hydroxyl groups is 1. The van der Waals surface area contributed by atoms with Gasteiger partial charge < -0.3 is 16.2 Å². The van der Waals surface area contributed by atoms with Gasteiger partial charge in [0.05, 0.1) is 6.10 Å². The molecule has 1 aromatic heterocycles. The Labute approximate surface area is 105 Å². The van der Waals surface area contributed by atoms with Crippen molar-refractivity contribution in [2.24, 2.45) is 5.92 Å². The fraction of sp³-hybridized carbons (Fsp3) is 0.636. The zero-order valence-electron chi connectivity index (χ0n) is 9.56. The summed E-state index contributed by atoms with van der Waals surface area (Å²) >= 11 is 5.97. The van der Waals surface area contributed by atoms with Gasteiger partial charge in [-0.3, -0.25) is 0 Å². The van der Waals surface area contributed by atoms with Crippen LogP contribution in [0.15, 0.2) is 6.33 Å². The quantitative estimate of drug-likeness (QED) is 0.766. The van der Waals surface area contributed by atoms with E-state index >= 15 is 0 Å². The van der Waals surface area contributed by atoms with Crippen molar-refractivity contribution in [2.45, 2.75) is 31.8 Å². The molecule has 1 heterocycles. The highest BCUT2D eigenvalue weighted by Gasteiger charge is 2.23. The van der Waals surface area contributed by atoms with E-state index in [4.69, 9.17) is 17.3 Å². The van der Waals surface area contributed by atoms with Crippen molar-refractivity contribution in [1.82, 2.24) is 9.97 Å². The summed E-state index contributed by atoms with van der Waals surface area (Å²) in [6.07, 6.45) is 5.34. The van der Waals surface area contributed by atoms with Crippen molar-refractivity contribution in [2.75, 3.05) is 17.6 Å². The van der Waals surface area contributed by atoms with Crippen molar-refractivity contribution in [1.29, 1.82) is 0 Å². The minimum atomic E-state index is -0.228. The Morgan fingerprint density at radius 3 is 2.94 bits per heavy atom. The molecule has 1 aliphatic carbocycles. The highest BCUT2D eigenvalue weighted by molar-refractivity contribution is 6.35. The molecule has 17 heavy (non-hydrogen) atoms. The van der Waals surface area contributed by atoms with Gasteiger partial charge in [0.15, 0.2) is 0 Å². The lowest BCUT2D eigenvalue weighted by Crippen LogP contribution is -2.30. The van der Waals surface area contributed by atoms with Gasteiger partial charge >= 0.3 is 0 Å². The molecule has 0 bridgehead atoms. The molecule has 0 aliphatic heterocycles. The van der Waals surface area contributed by atoms with Crippen LogP contribution in [0.2, 0.25) is 5.02 Å². The SMILES string of the molecule is Nc1ncnc(NCC2CCCCC2O)c1Cl. The first kappa shape index (κ1) is 12.4. The number of hydrogen-bond donors (Lipinski definition) is 3. The van der Waals surface area contributed by atoms with Gasteiger partial charge in [0.2, 0.25) is 0 Å². The summed E-state index contributed by atoms with van der Waals surface area (Å²) < 4.78 is 0. The molecule has 0 amide bonds. The Kier molecular flexibility index (Phi) is 4.02. The van der Waals surface area contributed by atoms with Gasteiger partial charge in [0, 0.05) is 12.5 Å². The van der Waals surface area contributed by atoms with Crippen LogP contribution in [-0.4, -0.2) is 27.7 Å². The fourth-order valence-corrected chi connectivity index (χ4v) is 2.33. The number of rotatable bonds is 3. The molecule has 0 saturated heterocycles. The van der Waals surface area contributed by atoms with Crippen molar-refractivity contribution in [3.8, 4) is 0 Å². The van der Waals surface area contributed by atoms with E-state index in [1.165, 1.54) is 12.7 Å². The van der Waals surface area contributed by atoms with Crippen LogP contribution in [-0.2, 0) is 0 Å². The van der Waals surface area contributed by atoms with Crippen molar-refractivity contribution >= 4 is 23.2 Å². The second-order valence-corrected chi connectivity index (χ2v) is 4.79. The van der Waals surface area contributed by atoms with E-state index in [1.54, 1.807) is 0 Å². The van der Waals surface area contributed by atoms with E-state index in [0.717, 1.165) is 19.3 Å². The largest absolute Gasteiger partial charge is 0.393 e. The molecule has 6 heteroatoms. The Balaban J connectivity index is 1.95. The molecule has 4 N–H and O–H groups in total. The summed E-state index contributed by atoms with van der Waals surface area (Å²) in [6, 6.07) is 0. The molecule has 2 rings (SSSR count). The lowest BCUT2D eigenvalue weighted by atomic mass is 9.86. The normalized spacial score (nSPS) is 24.6. The minimum Gasteiger partial charge on any atom is -0.393 e. The van der Waals surface area contributed by atoms with Crippen LogP contribution in [0.4, 0.5) is 11.6 Å². The third-order valence-electron chi connectivity index (χ3n) is 3.22. The number of aromatic nitrogens is 2. The zero-order chi connectivity index (χ0) is 12.3. The topological polar surface area (TPSA) is 84.1 Å². The third kappa shape index (κ3) is 2.98. The second-order valence-electron chi connectivity index (χ2n) is 4.41. The Morgan fingerprint density at radius 1 is 1.41 bits per heavy atom. The number of halogens is 1. The molecule has 2 unspecified atom stereocenters. The highest BCUT2D eigenvalue weighted by Crippen LogP contribution is 2.27. The first-order chi connectivity index (χ1) is 8.18. The molecule has 0 spiro atoms. The molecule has 1 aliphatic rings. The maximum atomic E-state index is 9.84. The Bertz CT molecular complexity index is 388. The molecular formula is C11H17ClN4O. The highest BCUT2D eigenvalue weighted by atomic mass is 35.5. The zero-order valence-corrected chi connectivity index (χ0v) is 10.3. The summed E-state index contributed by atoms with van der Waals surface area (Å²) in [6.45, 7) is 0.664. The number of aliphatic hydroxyl groups excluding tert-OH is 1. The molecule has 0 radical (unpaired) electrons. The monoisotopic (exact) mass is 256 g/mol. The van der Waals surface area contributed by atoms with Crippen molar-refractivity contribution in [3.05, 3.63) is 11.3 Å². The van der Waals surface area contributed by atoms with Gasteiger partial charge in [-0.05, 0) is 12.8 Å². The Morgan fingerprint density at radius 2 is 2.18 bits per heavy atom. The predicted octanol–water partition coefficient (Wildman–Crippen LogP) is 1.68. The van der Waals surface area contributed by atoms with Crippen LogP contribution in [0.25, 0.3) is 0 Å². The lowest BCUT2D eigenvalue weighted by Gasteiger charge is -2.27. The van der Waals surface area contributed by atoms with Gasteiger partial charge in [0.1, 0.15) is 23.0 Å². The average Bonchev–Trinajstić information content (AvgIpc) is 2.33. The maximum Gasteiger partial charge on any atom is 0.150 e. The number of anilines is 2. The van der Waals surface area contributed by atoms with Crippen LogP contribution in [0, 0.1) is 5.92 Å².